The smallest absolute Gasteiger partial charge is 0.332 e. The van der Waals surface area contributed by atoms with E-state index < -0.39 is 0 Å². The molecular formula is C24H26O3. The van der Waals surface area contributed by atoms with E-state index >= 15 is 0 Å². The molecule has 2 rings (SSSR count). The van der Waals surface area contributed by atoms with Crippen LogP contribution in [0.15, 0.2) is 84.0 Å². The van der Waals surface area contributed by atoms with Crippen LogP contribution < -0.4 is 0 Å². The lowest BCUT2D eigenvalue weighted by Crippen LogP contribution is -2.00. The van der Waals surface area contributed by atoms with Gasteiger partial charge in [-0.15, -0.1) is 0 Å². The van der Waals surface area contributed by atoms with Gasteiger partial charge in [-0.3, -0.25) is 4.79 Å². The Morgan fingerprint density at radius 3 is 1.41 bits per heavy atom. The van der Waals surface area contributed by atoms with E-state index in [1.165, 1.54) is 7.11 Å². The minimum absolute atomic E-state index is 0.0812. The first kappa shape index (κ1) is 21.8. The third kappa shape index (κ3) is 8.15. The van der Waals surface area contributed by atoms with E-state index in [0.29, 0.717) is 5.57 Å². The molecule has 0 spiro atoms. The van der Waals surface area contributed by atoms with Gasteiger partial charge in [-0.25, -0.2) is 4.79 Å². The molecule has 0 N–H and O–H groups in total. The lowest BCUT2D eigenvalue weighted by atomic mass is 10.0. The normalized spacial score (nSPS) is 11.1. The molecular weight excluding hydrogens is 336 g/mol. The van der Waals surface area contributed by atoms with Gasteiger partial charge in [-0.05, 0) is 55.2 Å². The van der Waals surface area contributed by atoms with Crippen molar-refractivity contribution < 1.29 is 14.3 Å². The fourth-order valence-electron chi connectivity index (χ4n) is 2.21. The summed E-state index contributed by atoms with van der Waals surface area (Å²) in [5.74, 6) is -0.266. The highest BCUT2D eigenvalue weighted by atomic mass is 16.5. The van der Waals surface area contributed by atoms with E-state index in [4.69, 9.17) is 0 Å². The number of ketones is 1. The molecule has 2 aromatic carbocycles. The van der Waals surface area contributed by atoms with Crippen LogP contribution in [-0.2, 0) is 14.3 Å². The molecule has 140 valence electrons. The lowest BCUT2D eigenvalue weighted by Gasteiger charge is -2.02. The summed E-state index contributed by atoms with van der Waals surface area (Å²) in [7, 11) is 1.33. The molecule has 0 heterocycles. The van der Waals surface area contributed by atoms with Gasteiger partial charge < -0.3 is 4.74 Å². The first-order valence-electron chi connectivity index (χ1n) is 8.60. The number of ether oxygens (including phenoxy) is 1. The Bertz CT molecular complexity index is 771. The lowest BCUT2D eigenvalue weighted by molar-refractivity contribution is -0.136. The quantitative estimate of drug-likeness (QED) is 0.521. The van der Waals surface area contributed by atoms with Gasteiger partial charge in [-0.1, -0.05) is 67.2 Å². The van der Waals surface area contributed by atoms with Crippen LogP contribution in [0.3, 0.4) is 0 Å². The Morgan fingerprint density at radius 1 is 0.778 bits per heavy atom. The molecule has 3 heteroatoms. The van der Waals surface area contributed by atoms with Crippen molar-refractivity contribution in [3.63, 3.8) is 0 Å². The maximum absolute atomic E-state index is 12.3. The molecule has 0 aliphatic rings. The maximum Gasteiger partial charge on any atom is 0.332 e. The number of Topliss-reactive ketones (excluding diaryl/α,β-unsaturated/α-hetero) is 1. The van der Waals surface area contributed by atoms with E-state index in [-0.39, 0.29) is 11.8 Å². The summed E-state index contributed by atoms with van der Waals surface area (Å²) >= 11 is 0. The monoisotopic (exact) mass is 362 g/mol. The van der Waals surface area contributed by atoms with Gasteiger partial charge >= 0.3 is 5.97 Å². The summed E-state index contributed by atoms with van der Waals surface area (Å²) in [6.07, 6.45) is 3.84. The summed E-state index contributed by atoms with van der Waals surface area (Å²) in [5, 5.41) is 0. The summed E-state index contributed by atoms with van der Waals surface area (Å²) in [5.41, 5.74) is 4.03. The van der Waals surface area contributed by atoms with E-state index in [2.05, 4.69) is 11.3 Å². The first-order valence-corrected chi connectivity index (χ1v) is 8.60. The fourth-order valence-corrected chi connectivity index (χ4v) is 2.21. The van der Waals surface area contributed by atoms with Crippen LogP contribution in [0, 0.1) is 0 Å². The van der Waals surface area contributed by atoms with Gasteiger partial charge in [0.15, 0.2) is 5.78 Å². The molecule has 0 radical (unpaired) electrons. The van der Waals surface area contributed by atoms with Crippen molar-refractivity contribution in [2.45, 2.75) is 20.8 Å². The summed E-state index contributed by atoms with van der Waals surface area (Å²) in [4.78, 5) is 22.5. The molecule has 0 amide bonds. The number of methoxy groups -OCH3 is 1. The molecule has 0 unspecified atom stereocenters. The number of benzene rings is 2. The highest BCUT2D eigenvalue weighted by molar-refractivity contribution is 6.12. The highest BCUT2D eigenvalue weighted by Crippen LogP contribution is 2.14. The van der Waals surface area contributed by atoms with Crippen molar-refractivity contribution in [2.75, 3.05) is 7.11 Å². The largest absolute Gasteiger partial charge is 0.466 e. The zero-order chi connectivity index (χ0) is 20.2. The van der Waals surface area contributed by atoms with Crippen LogP contribution in [0.4, 0.5) is 0 Å². The molecule has 27 heavy (non-hydrogen) atoms. The standard InChI is InChI=1S/C19H18O.C5H8O2/c1-15(13-17-9-5-3-6-10-17)19(20)16(2)14-18-11-7-4-8-12-18;1-4(2)5(6)7-3/h3-14H,1-2H3;1H2,2-3H3/b15-13-,16-14-;. The Morgan fingerprint density at radius 2 is 1.15 bits per heavy atom. The van der Waals surface area contributed by atoms with Crippen LogP contribution in [0.1, 0.15) is 31.9 Å². The van der Waals surface area contributed by atoms with Crippen molar-refractivity contribution in [1.82, 2.24) is 0 Å². The highest BCUT2D eigenvalue weighted by Gasteiger charge is 2.07. The zero-order valence-electron chi connectivity index (χ0n) is 16.4. The molecule has 0 fully saturated rings. The second-order valence-corrected chi connectivity index (χ2v) is 6.08. The Labute approximate surface area is 161 Å². The molecule has 3 nitrogen and oxygen atoms in total. The van der Waals surface area contributed by atoms with Gasteiger partial charge in [0.2, 0.25) is 0 Å². The molecule has 0 aromatic heterocycles. The van der Waals surface area contributed by atoms with Crippen LogP contribution in [-0.4, -0.2) is 18.9 Å². The van der Waals surface area contributed by atoms with E-state index in [1.807, 2.05) is 86.7 Å². The van der Waals surface area contributed by atoms with E-state index in [0.717, 1.165) is 22.3 Å². The summed E-state index contributed by atoms with van der Waals surface area (Å²) < 4.78 is 4.27. The van der Waals surface area contributed by atoms with Crippen molar-refractivity contribution >= 4 is 23.9 Å². The second kappa shape index (κ2) is 11.4. The number of hydrogen-bond donors (Lipinski definition) is 0. The number of carbonyl (C=O) groups excluding carboxylic acids is 2. The average molecular weight is 362 g/mol. The Hall–Kier alpha value is -3.20. The molecule has 0 aliphatic carbocycles. The van der Waals surface area contributed by atoms with Crippen molar-refractivity contribution in [1.29, 1.82) is 0 Å². The molecule has 2 aromatic rings. The van der Waals surface area contributed by atoms with E-state index in [1.54, 1.807) is 6.92 Å². The topological polar surface area (TPSA) is 43.4 Å². The van der Waals surface area contributed by atoms with E-state index in [9.17, 15) is 9.59 Å². The second-order valence-electron chi connectivity index (χ2n) is 6.08. The molecule has 0 aliphatic heterocycles. The van der Waals surface area contributed by atoms with Gasteiger partial charge in [0.05, 0.1) is 7.11 Å². The Kier molecular flexibility index (Phi) is 9.24. The first-order chi connectivity index (χ1) is 12.8. The Balaban J connectivity index is 0.000000445. The third-order valence-electron chi connectivity index (χ3n) is 3.62. The molecule has 0 saturated heterocycles. The number of carbonyl (C=O) groups is 2. The SMILES string of the molecule is C/C(=C/c1ccccc1)C(=O)/C(C)=C\c1ccccc1.C=C(C)C(=O)OC. The van der Waals surface area contributed by atoms with Crippen LogP contribution in [0.2, 0.25) is 0 Å². The van der Waals surface area contributed by atoms with Crippen molar-refractivity contribution in [3.05, 3.63) is 95.1 Å². The number of esters is 1. The third-order valence-corrected chi connectivity index (χ3v) is 3.62. The van der Waals surface area contributed by atoms with Crippen molar-refractivity contribution in [2.24, 2.45) is 0 Å². The fraction of sp³-hybridized carbons (Fsp3) is 0.167. The number of allylic oxidation sites excluding steroid dienone is 2. The van der Waals surface area contributed by atoms with Gasteiger partial charge in [0, 0.05) is 5.57 Å². The predicted octanol–water partition coefficient (Wildman–Crippen LogP) is 5.50. The predicted molar refractivity (Wildman–Crippen MR) is 112 cm³/mol. The average Bonchev–Trinajstić information content (AvgIpc) is 2.68. The summed E-state index contributed by atoms with van der Waals surface area (Å²) in [6.45, 7) is 8.67. The van der Waals surface area contributed by atoms with Crippen LogP contribution >= 0.6 is 0 Å². The van der Waals surface area contributed by atoms with Gasteiger partial charge in [-0.2, -0.15) is 0 Å². The van der Waals surface area contributed by atoms with Gasteiger partial charge in [0.25, 0.3) is 0 Å². The zero-order valence-corrected chi connectivity index (χ0v) is 16.4. The minimum Gasteiger partial charge on any atom is -0.466 e. The summed E-state index contributed by atoms with van der Waals surface area (Å²) in [6, 6.07) is 19.8. The molecule has 0 saturated carbocycles. The van der Waals surface area contributed by atoms with Crippen molar-refractivity contribution in [3.8, 4) is 0 Å². The molecule has 0 atom stereocenters. The van der Waals surface area contributed by atoms with Crippen LogP contribution in [0.5, 0.6) is 0 Å². The number of hydrogen-bond acceptors (Lipinski definition) is 3. The minimum atomic E-state index is -0.347. The number of rotatable bonds is 5. The molecule has 0 bridgehead atoms. The maximum atomic E-state index is 12.3. The van der Waals surface area contributed by atoms with Crippen LogP contribution in [0.25, 0.3) is 12.2 Å². The van der Waals surface area contributed by atoms with Gasteiger partial charge in [0.1, 0.15) is 0 Å².